The molecule has 7 heteroatoms. The van der Waals surface area contributed by atoms with Gasteiger partial charge in [-0.3, -0.25) is 9.79 Å². The molecule has 0 bridgehead atoms. The minimum atomic E-state index is -0.295. The van der Waals surface area contributed by atoms with E-state index < -0.39 is 0 Å². The van der Waals surface area contributed by atoms with Crippen molar-refractivity contribution in [2.45, 2.75) is 46.1 Å². The summed E-state index contributed by atoms with van der Waals surface area (Å²) in [5.41, 5.74) is -0.295. The topological polar surface area (TPSA) is 63.2 Å². The van der Waals surface area contributed by atoms with Crippen LogP contribution in [0.1, 0.15) is 40.5 Å². The Hall–Kier alpha value is -0.570. The third-order valence-electron chi connectivity index (χ3n) is 3.84. The molecule has 1 rings (SSSR count). The van der Waals surface area contributed by atoms with Gasteiger partial charge in [0.2, 0.25) is 0 Å². The van der Waals surface area contributed by atoms with Gasteiger partial charge in [-0.25, -0.2) is 0 Å². The van der Waals surface area contributed by atoms with Crippen LogP contribution >= 0.6 is 24.0 Å². The number of likely N-dealkylation sites (tertiary alicyclic amines) is 1. The van der Waals surface area contributed by atoms with Gasteiger partial charge in [-0.2, -0.15) is 0 Å². The summed E-state index contributed by atoms with van der Waals surface area (Å²) in [4.78, 5) is 18.8. The molecule has 1 saturated heterocycles. The molecular formula is C16H32IN3O3. The number of methoxy groups -OCH3 is 1. The molecular weight excluding hydrogens is 409 g/mol. The second kappa shape index (κ2) is 11.1. The molecule has 136 valence electrons. The molecule has 0 saturated carbocycles. The number of carbonyl (C=O) groups excluding carboxylic acids is 1. The van der Waals surface area contributed by atoms with E-state index in [4.69, 9.17) is 9.47 Å². The van der Waals surface area contributed by atoms with E-state index in [0.29, 0.717) is 19.7 Å². The fourth-order valence-electron chi connectivity index (χ4n) is 2.38. The van der Waals surface area contributed by atoms with Crippen molar-refractivity contribution >= 4 is 35.9 Å². The van der Waals surface area contributed by atoms with E-state index in [9.17, 15) is 4.79 Å². The highest BCUT2D eigenvalue weighted by Gasteiger charge is 2.28. The largest absolute Gasteiger partial charge is 0.466 e. The summed E-state index contributed by atoms with van der Waals surface area (Å²) in [7, 11) is 1.69. The Morgan fingerprint density at radius 3 is 2.65 bits per heavy atom. The SMILES string of the molecule is CCNC(=NCC(C)(C)OC)N1CCC[C@H](C(=O)OCC)C1.I. The molecule has 6 nitrogen and oxygen atoms in total. The molecule has 1 fully saturated rings. The number of aliphatic imine (C=N–C) groups is 1. The van der Waals surface area contributed by atoms with Gasteiger partial charge in [0.05, 0.1) is 24.7 Å². The van der Waals surface area contributed by atoms with Crippen molar-refractivity contribution in [1.82, 2.24) is 10.2 Å². The van der Waals surface area contributed by atoms with Crippen LogP contribution in [0.5, 0.6) is 0 Å². The summed E-state index contributed by atoms with van der Waals surface area (Å²) in [6.07, 6.45) is 1.86. The summed E-state index contributed by atoms with van der Waals surface area (Å²) in [6.45, 7) is 11.3. The third kappa shape index (κ3) is 7.69. The number of carbonyl (C=O) groups is 1. The van der Waals surface area contributed by atoms with Gasteiger partial charge in [0, 0.05) is 26.7 Å². The second-order valence-corrected chi connectivity index (χ2v) is 6.17. The number of piperidine rings is 1. The summed E-state index contributed by atoms with van der Waals surface area (Å²) >= 11 is 0. The number of hydrogen-bond acceptors (Lipinski definition) is 4. The Kier molecular flexibility index (Phi) is 10.8. The molecule has 23 heavy (non-hydrogen) atoms. The number of hydrogen-bond donors (Lipinski definition) is 1. The van der Waals surface area contributed by atoms with Crippen LogP contribution in [0, 0.1) is 5.92 Å². The van der Waals surface area contributed by atoms with Crippen LogP contribution in [0.3, 0.4) is 0 Å². The molecule has 0 aromatic heterocycles. The lowest BCUT2D eigenvalue weighted by molar-refractivity contribution is -0.149. The summed E-state index contributed by atoms with van der Waals surface area (Å²) in [5, 5.41) is 3.31. The molecule has 0 spiro atoms. The lowest BCUT2D eigenvalue weighted by Crippen LogP contribution is -2.48. The van der Waals surface area contributed by atoms with Gasteiger partial charge in [0.15, 0.2) is 5.96 Å². The van der Waals surface area contributed by atoms with Crippen molar-refractivity contribution in [3.8, 4) is 0 Å². The Bertz CT molecular complexity index is 389. The maximum atomic E-state index is 12.0. The summed E-state index contributed by atoms with van der Waals surface area (Å²) in [6, 6.07) is 0. The predicted molar refractivity (Wildman–Crippen MR) is 103 cm³/mol. The standard InChI is InChI=1S/C16H31N3O3.HI/c1-6-17-15(18-12-16(3,4)21-5)19-10-8-9-13(11-19)14(20)22-7-2;/h13H,6-12H2,1-5H3,(H,17,18);1H/t13-;/m0./s1. The van der Waals surface area contributed by atoms with Crippen LogP contribution < -0.4 is 5.32 Å². The number of esters is 1. The molecule has 1 aliphatic rings. The fourth-order valence-corrected chi connectivity index (χ4v) is 2.38. The first-order chi connectivity index (χ1) is 10.4. The average molecular weight is 441 g/mol. The lowest BCUT2D eigenvalue weighted by Gasteiger charge is -2.34. The number of rotatable bonds is 6. The highest BCUT2D eigenvalue weighted by atomic mass is 127. The van der Waals surface area contributed by atoms with E-state index in [1.54, 1.807) is 7.11 Å². The number of nitrogens with zero attached hydrogens (tertiary/aromatic N) is 2. The summed E-state index contributed by atoms with van der Waals surface area (Å²) in [5.74, 6) is 0.690. The molecule has 0 unspecified atom stereocenters. The lowest BCUT2D eigenvalue weighted by atomic mass is 9.98. The monoisotopic (exact) mass is 441 g/mol. The van der Waals surface area contributed by atoms with E-state index in [2.05, 4.69) is 15.2 Å². The first-order valence-corrected chi connectivity index (χ1v) is 8.18. The van der Waals surface area contributed by atoms with E-state index in [1.165, 1.54) is 0 Å². The molecule has 1 N–H and O–H groups in total. The number of halogens is 1. The van der Waals surface area contributed by atoms with Crippen LogP contribution in [0.25, 0.3) is 0 Å². The van der Waals surface area contributed by atoms with Crippen LogP contribution in [0.2, 0.25) is 0 Å². The van der Waals surface area contributed by atoms with Gasteiger partial charge >= 0.3 is 5.97 Å². The van der Waals surface area contributed by atoms with Gasteiger partial charge in [-0.15, -0.1) is 24.0 Å². The highest BCUT2D eigenvalue weighted by molar-refractivity contribution is 14.0. The van der Waals surface area contributed by atoms with Gasteiger partial charge in [-0.1, -0.05) is 0 Å². The molecule has 0 radical (unpaired) electrons. The van der Waals surface area contributed by atoms with E-state index in [0.717, 1.165) is 31.9 Å². The van der Waals surface area contributed by atoms with Gasteiger partial charge in [0.25, 0.3) is 0 Å². The molecule has 1 aliphatic heterocycles. The summed E-state index contributed by atoms with van der Waals surface area (Å²) < 4.78 is 10.6. The van der Waals surface area contributed by atoms with Gasteiger partial charge in [-0.05, 0) is 40.5 Å². The van der Waals surface area contributed by atoms with Crippen molar-refractivity contribution in [3.63, 3.8) is 0 Å². The normalized spacial score (nSPS) is 19.1. The van der Waals surface area contributed by atoms with Crippen LogP contribution in [0.4, 0.5) is 0 Å². The van der Waals surface area contributed by atoms with Gasteiger partial charge in [0.1, 0.15) is 0 Å². The maximum absolute atomic E-state index is 12.0. The average Bonchev–Trinajstić information content (AvgIpc) is 2.52. The molecule has 1 heterocycles. The van der Waals surface area contributed by atoms with Crippen LogP contribution in [0.15, 0.2) is 4.99 Å². The zero-order valence-electron chi connectivity index (χ0n) is 15.1. The smallest absolute Gasteiger partial charge is 0.310 e. The fraction of sp³-hybridized carbons (Fsp3) is 0.875. The van der Waals surface area contributed by atoms with Crippen LogP contribution in [-0.4, -0.2) is 62.3 Å². The Morgan fingerprint density at radius 2 is 2.09 bits per heavy atom. The number of nitrogens with one attached hydrogen (secondary N) is 1. The zero-order valence-corrected chi connectivity index (χ0v) is 17.4. The van der Waals surface area contributed by atoms with Crippen molar-refractivity contribution < 1.29 is 14.3 Å². The molecule has 0 aromatic carbocycles. The Balaban J connectivity index is 0.00000484. The zero-order chi connectivity index (χ0) is 16.6. The maximum Gasteiger partial charge on any atom is 0.310 e. The van der Waals surface area contributed by atoms with Crippen molar-refractivity contribution in [2.24, 2.45) is 10.9 Å². The van der Waals surface area contributed by atoms with Crippen molar-refractivity contribution in [2.75, 3.05) is 39.9 Å². The predicted octanol–water partition coefficient (Wildman–Crippen LogP) is 2.27. The number of guanidine groups is 1. The second-order valence-electron chi connectivity index (χ2n) is 6.17. The molecule has 0 amide bonds. The Morgan fingerprint density at radius 1 is 1.39 bits per heavy atom. The van der Waals surface area contributed by atoms with Crippen LogP contribution in [-0.2, 0) is 14.3 Å². The molecule has 0 aromatic rings. The van der Waals surface area contributed by atoms with E-state index >= 15 is 0 Å². The van der Waals surface area contributed by atoms with Gasteiger partial charge < -0.3 is 19.7 Å². The van der Waals surface area contributed by atoms with E-state index in [-0.39, 0.29) is 41.5 Å². The van der Waals surface area contributed by atoms with Crippen molar-refractivity contribution in [1.29, 1.82) is 0 Å². The molecule has 0 aliphatic carbocycles. The Labute approximate surface area is 157 Å². The third-order valence-corrected chi connectivity index (χ3v) is 3.84. The number of ether oxygens (including phenoxy) is 2. The van der Waals surface area contributed by atoms with E-state index in [1.807, 2.05) is 27.7 Å². The minimum Gasteiger partial charge on any atom is -0.466 e. The minimum absolute atomic E-state index is 0. The van der Waals surface area contributed by atoms with Crippen molar-refractivity contribution in [3.05, 3.63) is 0 Å². The highest BCUT2D eigenvalue weighted by Crippen LogP contribution is 2.18. The quantitative estimate of drug-likeness (QED) is 0.297. The first-order valence-electron chi connectivity index (χ1n) is 8.18. The molecule has 1 atom stereocenters. The first kappa shape index (κ1) is 22.4.